The molecule has 2 aliphatic rings. The van der Waals surface area contributed by atoms with Crippen LogP contribution in [0.15, 0.2) is 0 Å². The number of carboxylic acids is 1. The summed E-state index contributed by atoms with van der Waals surface area (Å²) in [5.74, 6) is -0.338. The molecule has 0 aromatic rings. The molecule has 56 valence electrons. The molecular formula is C7H11NO2. The normalized spacial score (nSPS) is 50.5. The van der Waals surface area contributed by atoms with Crippen LogP contribution in [0.4, 0.5) is 0 Å². The summed E-state index contributed by atoms with van der Waals surface area (Å²) in [5, 5.41) is 8.78. The van der Waals surface area contributed by atoms with Gasteiger partial charge < -0.3 is 10.8 Å². The maximum Gasteiger partial charge on any atom is 0.309 e. The Labute approximate surface area is 59.2 Å². The fraction of sp³-hybridized carbons (Fsp3) is 0.857. The van der Waals surface area contributed by atoms with Crippen molar-refractivity contribution >= 4 is 5.97 Å². The van der Waals surface area contributed by atoms with Gasteiger partial charge in [-0.3, -0.25) is 4.79 Å². The van der Waals surface area contributed by atoms with E-state index < -0.39 is 5.97 Å². The lowest BCUT2D eigenvalue weighted by molar-refractivity contribution is -0.143. The van der Waals surface area contributed by atoms with Gasteiger partial charge in [0.05, 0.1) is 5.41 Å². The lowest BCUT2D eigenvalue weighted by atomic mass is 10.1. The van der Waals surface area contributed by atoms with E-state index in [0.29, 0.717) is 5.92 Å². The average molecular weight is 141 g/mol. The summed E-state index contributed by atoms with van der Waals surface area (Å²) in [6.45, 7) is 0. The first-order chi connectivity index (χ1) is 4.67. The Bertz CT molecular complexity index is 192. The molecule has 2 saturated carbocycles. The second-order valence-corrected chi connectivity index (χ2v) is 3.47. The van der Waals surface area contributed by atoms with Crippen molar-refractivity contribution in [1.82, 2.24) is 0 Å². The van der Waals surface area contributed by atoms with E-state index >= 15 is 0 Å². The van der Waals surface area contributed by atoms with Crippen molar-refractivity contribution in [2.24, 2.45) is 17.1 Å². The molecule has 0 saturated heterocycles. The van der Waals surface area contributed by atoms with Crippen LogP contribution in [-0.2, 0) is 4.79 Å². The van der Waals surface area contributed by atoms with E-state index in [1.807, 2.05) is 0 Å². The Balaban J connectivity index is 2.18. The fourth-order valence-electron chi connectivity index (χ4n) is 2.16. The third-order valence-corrected chi connectivity index (χ3v) is 3.00. The van der Waals surface area contributed by atoms with Gasteiger partial charge in [-0.1, -0.05) is 0 Å². The standard InChI is InChI=1S/C7H11NO2/c8-5-1-2-7(6(9)10)3-4(5)7/h4-5H,1-3,8H2,(H,9,10)/t4-,5+,7+/m1/s1. The van der Waals surface area contributed by atoms with Crippen molar-refractivity contribution < 1.29 is 9.90 Å². The number of rotatable bonds is 1. The van der Waals surface area contributed by atoms with Crippen LogP contribution in [0.2, 0.25) is 0 Å². The van der Waals surface area contributed by atoms with Gasteiger partial charge in [-0.2, -0.15) is 0 Å². The quantitative estimate of drug-likeness (QED) is 0.548. The molecule has 0 aromatic heterocycles. The fourth-order valence-corrected chi connectivity index (χ4v) is 2.16. The molecule has 0 bridgehead atoms. The highest BCUT2D eigenvalue weighted by Gasteiger charge is 2.65. The Morgan fingerprint density at radius 1 is 1.70 bits per heavy atom. The highest BCUT2D eigenvalue weighted by Crippen LogP contribution is 2.62. The molecule has 2 aliphatic carbocycles. The molecular weight excluding hydrogens is 130 g/mol. The summed E-state index contributed by atoms with van der Waals surface area (Å²) in [7, 11) is 0. The van der Waals surface area contributed by atoms with Crippen LogP contribution in [0.25, 0.3) is 0 Å². The maximum absolute atomic E-state index is 10.7. The summed E-state index contributed by atoms with van der Waals surface area (Å²) >= 11 is 0. The topological polar surface area (TPSA) is 63.3 Å². The Morgan fingerprint density at radius 2 is 2.40 bits per heavy atom. The van der Waals surface area contributed by atoms with E-state index in [0.717, 1.165) is 19.3 Å². The minimum absolute atomic E-state index is 0.163. The number of nitrogens with two attached hydrogens (primary N) is 1. The van der Waals surface area contributed by atoms with Crippen molar-refractivity contribution in [3.05, 3.63) is 0 Å². The monoisotopic (exact) mass is 141 g/mol. The molecule has 3 N–H and O–H groups in total. The molecule has 3 nitrogen and oxygen atoms in total. The van der Waals surface area contributed by atoms with Gasteiger partial charge in [0.2, 0.25) is 0 Å². The Kier molecular flexibility index (Phi) is 0.944. The minimum Gasteiger partial charge on any atom is -0.481 e. The maximum atomic E-state index is 10.7. The number of carboxylic acid groups (broad SMARTS) is 1. The van der Waals surface area contributed by atoms with Gasteiger partial charge in [0.1, 0.15) is 0 Å². The molecule has 2 rings (SSSR count). The number of aliphatic carboxylic acids is 1. The van der Waals surface area contributed by atoms with Crippen LogP contribution in [0.3, 0.4) is 0 Å². The zero-order valence-electron chi connectivity index (χ0n) is 5.71. The van der Waals surface area contributed by atoms with Crippen LogP contribution < -0.4 is 5.73 Å². The highest BCUT2D eigenvalue weighted by molar-refractivity contribution is 5.79. The first-order valence-electron chi connectivity index (χ1n) is 3.66. The van der Waals surface area contributed by atoms with E-state index in [-0.39, 0.29) is 11.5 Å². The number of carbonyl (C=O) groups is 1. The van der Waals surface area contributed by atoms with E-state index in [4.69, 9.17) is 10.8 Å². The van der Waals surface area contributed by atoms with Crippen molar-refractivity contribution in [2.45, 2.75) is 25.3 Å². The zero-order valence-corrected chi connectivity index (χ0v) is 5.71. The zero-order chi connectivity index (χ0) is 7.35. The minimum atomic E-state index is -0.634. The summed E-state index contributed by atoms with van der Waals surface area (Å²) in [5.41, 5.74) is 5.30. The molecule has 0 radical (unpaired) electrons. The molecule has 0 unspecified atom stereocenters. The molecule has 0 heterocycles. The third-order valence-electron chi connectivity index (χ3n) is 3.00. The Morgan fingerprint density at radius 3 is 2.60 bits per heavy atom. The largest absolute Gasteiger partial charge is 0.481 e. The molecule has 3 heteroatoms. The van der Waals surface area contributed by atoms with Crippen LogP contribution in [0.1, 0.15) is 19.3 Å². The Hall–Kier alpha value is -0.570. The summed E-state index contributed by atoms with van der Waals surface area (Å²) in [6, 6.07) is 0.163. The number of hydrogen-bond donors (Lipinski definition) is 2. The second-order valence-electron chi connectivity index (χ2n) is 3.47. The molecule has 3 atom stereocenters. The van der Waals surface area contributed by atoms with Gasteiger partial charge in [-0.25, -0.2) is 0 Å². The van der Waals surface area contributed by atoms with Gasteiger partial charge in [0.25, 0.3) is 0 Å². The van der Waals surface area contributed by atoms with Crippen LogP contribution in [-0.4, -0.2) is 17.1 Å². The summed E-state index contributed by atoms with van der Waals surface area (Å²) in [4.78, 5) is 10.7. The average Bonchev–Trinajstić information content (AvgIpc) is 2.52. The van der Waals surface area contributed by atoms with E-state index in [2.05, 4.69) is 0 Å². The molecule has 10 heavy (non-hydrogen) atoms. The number of hydrogen-bond acceptors (Lipinski definition) is 2. The first-order valence-corrected chi connectivity index (χ1v) is 3.66. The van der Waals surface area contributed by atoms with Crippen molar-refractivity contribution in [3.63, 3.8) is 0 Å². The molecule has 2 fully saturated rings. The lowest BCUT2D eigenvalue weighted by Gasteiger charge is -2.01. The summed E-state index contributed by atoms with van der Waals surface area (Å²) in [6.07, 6.45) is 2.52. The first kappa shape index (κ1) is 6.16. The van der Waals surface area contributed by atoms with E-state index in [9.17, 15) is 4.79 Å². The predicted octanol–water partition coefficient (Wildman–Crippen LogP) is 0.198. The van der Waals surface area contributed by atoms with Crippen molar-refractivity contribution in [2.75, 3.05) is 0 Å². The van der Waals surface area contributed by atoms with Crippen molar-refractivity contribution in [1.29, 1.82) is 0 Å². The lowest BCUT2D eigenvalue weighted by Crippen LogP contribution is -2.20. The molecule has 0 aromatic carbocycles. The van der Waals surface area contributed by atoms with Gasteiger partial charge in [-0.15, -0.1) is 0 Å². The van der Waals surface area contributed by atoms with Crippen LogP contribution in [0.5, 0.6) is 0 Å². The van der Waals surface area contributed by atoms with Gasteiger partial charge in [-0.05, 0) is 25.2 Å². The highest BCUT2D eigenvalue weighted by atomic mass is 16.4. The van der Waals surface area contributed by atoms with Gasteiger partial charge in [0, 0.05) is 6.04 Å². The van der Waals surface area contributed by atoms with Crippen molar-refractivity contribution in [3.8, 4) is 0 Å². The van der Waals surface area contributed by atoms with E-state index in [1.165, 1.54) is 0 Å². The number of fused-ring (bicyclic) bond motifs is 1. The van der Waals surface area contributed by atoms with Gasteiger partial charge >= 0.3 is 5.97 Å². The second kappa shape index (κ2) is 1.53. The van der Waals surface area contributed by atoms with Gasteiger partial charge in [0.15, 0.2) is 0 Å². The van der Waals surface area contributed by atoms with Crippen LogP contribution >= 0.6 is 0 Å². The third kappa shape index (κ3) is 0.515. The molecule has 0 aliphatic heterocycles. The predicted molar refractivity (Wildman–Crippen MR) is 35.4 cm³/mol. The molecule has 0 spiro atoms. The summed E-state index contributed by atoms with van der Waals surface area (Å²) < 4.78 is 0. The SMILES string of the molecule is N[C@H]1CC[C@]2(C(=O)O)C[C@H]12. The molecule has 0 amide bonds. The van der Waals surface area contributed by atoms with Crippen LogP contribution in [0, 0.1) is 11.3 Å². The smallest absolute Gasteiger partial charge is 0.309 e. The van der Waals surface area contributed by atoms with E-state index in [1.54, 1.807) is 0 Å².